The predicted molar refractivity (Wildman–Crippen MR) is 75.2 cm³/mol. The molecule has 0 atom stereocenters. The van der Waals surface area contributed by atoms with Crippen LogP contribution >= 0.6 is 0 Å². The van der Waals surface area contributed by atoms with Crippen molar-refractivity contribution in [3.8, 4) is 0 Å². The van der Waals surface area contributed by atoms with E-state index in [1.807, 2.05) is 31.2 Å². The van der Waals surface area contributed by atoms with Gasteiger partial charge in [-0.2, -0.15) is 0 Å². The van der Waals surface area contributed by atoms with E-state index in [2.05, 4.69) is 5.32 Å². The second kappa shape index (κ2) is 8.50. The zero-order valence-corrected chi connectivity index (χ0v) is 11.3. The minimum Gasteiger partial charge on any atom is -0.396 e. The van der Waals surface area contributed by atoms with Gasteiger partial charge in [-0.05, 0) is 24.5 Å². The molecule has 3 N–H and O–H groups in total. The molecule has 0 saturated carbocycles. The van der Waals surface area contributed by atoms with Crippen LogP contribution < -0.4 is 5.32 Å². The number of carbonyl (C=O) groups is 1. The highest BCUT2D eigenvalue weighted by atomic mass is 16.3. The molecule has 2 amide bonds. The first-order valence-corrected chi connectivity index (χ1v) is 6.58. The normalized spacial score (nSPS) is 10.3. The summed E-state index contributed by atoms with van der Waals surface area (Å²) in [5.41, 5.74) is 1.86. The summed E-state index contributed by atoms with van der Waals surface area (Å²) < 4.78 is 0. The molecule has 106 valence electrons. The fourth-order valence-electron chi connectivity index (χ4n) is 1.84. The quantitative estimate of drug-likeness (QED) is 0.699. The summed E-state index contributed by atoms with van der Waals surface area (Å²) in [6, 6.07) is 7.40. The van der Waals surface area contributed by atoms with Crippen molar-refractivity contribution in [3.05, 3.63) is 29.8 Å². The first-order chi connectivity index (χ1) is 9.22. The van der Waals surface area contributed by atoms with E-state index in [-0.39, 0.29) is 25.8 Å². The van der Waals surface area contributed by atoms with Crippen LogP contribution in [0.25, 0.3) is 0 Å². The molecule has 0 aliphatic carbocycles. The number of hydrogen-bond acceptors (Lipinski definition) is 3. The molecule has 1 aromatic rings. The van der Waals surface area contributed by atoms with Gasteiger partial charge in [0, 0.05) is 25.4 Å². The van der Waals surface area contributed by atoms with E-state index in [4.69, 9.17) is 10.2 Å². The highest BCUT2D eigenvalue weighted by Crippen LogP contribution is 2.16. The van der Waals surface area contributed by atoms with Crippen LogP contribution in [0, 0.1) is 0 Å². The zero-order valence-electron chi connectivity index (χ0n) is 11.3. The Morgan fingerprint density at radius 3 is 2.58 bits per heavy atom. The largest absolute Gasteiger partial charge is 0.396 e. The minimum absolute atomic E-state index is 0.0285. The maximum Gasteiger partial charge on any atom is 0.321 e. The number of urea groups is 1. The van der Waals surface area contributed by atoms with Gasteiger partial charge in [0.25, 0.3) is 0 Å². The fourth-order valence-corrected chi connectivity index (χ4v) is 1.84. The van der Waals surface area contributed by atoms with Crippen molar-refractivity contribution in [2.75, 3.05) is 31.6 Å². The molecular weight excluding hydrogens is 244 g/mol. The van der Waals surface area contributed by atoms with Crippen LogP contribution in [-0.4, -0.2) is 47.4 Å². The molecule has 19 heavy (non-hydrogen) atoms. The van der Waals surface area contributed by atoms with Gasteiger partial charge in [0.2, 0.25) is 0 Å². The van der Waals surface area contributed by atoms with Crippen molar-refractivity contribution in [1.29, 1.82) is 0 Å². The van der Waals surface area contributed by atoms with Crippen LogP contribution in [0.2, 0.25) is 0 Å². The Morgan fingerprint density at radius 2 is 1.95 bits per heavy atom. The molecule has 0 saturated heterocycles. The number of rotatable bonds is 7. The summed E-state index contributed by atoms with van der Waals surface area (Å²) in [6.07, 6.45) is 1.34. The van der Waals surface area contributed by atoms with Gasteiger partial charge in [0.05, 0.1) is 6.61 Å². The van der Waals surface area contributed by atoms with Gasteiger partial charge in [-0.3, -0.25) is 0 Å². The maximum atomic E-state index is 12.1. The van der Waals surface area contributed by atoms with Gasteiger partial charge in [0.15, 0.2) is 0 Å². The molecule has 0 radical (unpaired) electrons. The molecule has 1 aromatic carbocycles. The van der Waals surface area contributed by atoms with Crippen LogP contribution in [0.3, 0.4) is 0 Å². The number of nitrogens with zero attached hydrogens (tertiary/aromatic N) is 1. The summed E-state index contributed by atoms with van der Waals surface area (Å²) in [5, 5.41) is 20.6. The molecule has 0 bridgehead atoms. The van der Waals surface area contributed by atoms with Crippen molar-refractivity contribution in [2.45, 2.75) is 19.8 Å². The Kier molecular flexibility index (Phi) is 6.92. The molecule has 1 rings (SSSR count). The molecule has 0 aromatic heterocycles. The molecule has 0 unspecified atom stereocenters. The fraction of sp³-hybridized carbons (Fsp3) is 0.500. The van der Waals surface area contributed by atoms with Crippen LogP contribution in [0.15, 0.2) is 24.3 Å². The lowest BCUT2D eigenvalue weighted by molar-refractivity contribution is 0.180. The smallest absolute Gasteiger partial charge is 0.321 e. The van der Waals surface area contributed by atoms with Gasteiger partial charge < -0.3 is 20.4 Å². The average Bonchev–Trinajstić information content (AvgIpc) is 2.44. The summed E-state index contributed by atoms with van der Waals surface area (Å²) in [4.78, 5) is 13.6. The monoisotopic (exact) mass is 266 g/mol. The lowest BCUT2D eigenvalue weighted by Crippen LogP contribution is -2.38. The van der Waals surface area contributed by atoms with E-state index in [9.17, 15) is 4.79 Å². The van der Waals surface area contributed by atoms with Crippen LogP contribution in [0.5, 0.6) is 0 Å². The number of aryl methyl sites for hydroxylation is 1. The Labute approximate surface area is 113 Å². The standard InChI is InChI=1S/C14H22N2O3/c1-2-12-6-3-4-7-13(12)15-14(19)16(9-11-18)8-5-10-17/h3-4,6-7,17-18H,2,5,8-11H2,1H3,(H,15,19). The van der Waals surface area contributed by atoms with E-state index in [1.54, 1.807) is 0 Å². The number of nitrogens with one attached hydrogen (secondary N) is 1. The second-order valence-corrected chi connectivity index (χ2v) is 4.23. The molecule has 0 aliphatic rings. The number of carbonyl (C=O) groups excluding carboxylic acids is 1. The Morgan fingerprint density at radius 1 is 1.21 bits per heavy atom. The minimum atomic E-state index is -0.247. The Bertz CT molecular complexity index is 396. The third-order valence-electron chi connectivity index (χ3n) is 2.88. The highest BCUT2D eigenvalue weighted by molar-refractivity contribution is 5.90. The molecule has 5 heteroatoms. The third-order valence-corrected chi connectivity index (χ3v) is 2.88. The molecule has 5 nitrogen and oxygen atoms in total. The topological polar surface area (TPSA) is 72.8 Å². The van der Waals surface area contributed by atoms with E-state index < -0.39 is 0 Å². The molecule has 0 heterocycles. The molecular formula is C14H22N2O3. The van der Waals surface area contributed by atoms with Crippen LogP contribution in [0.1, 0.15) is 18.9 Å². The number of amides is 2. The number of benzene rings is 1. The first kappa shape index (κ1) is 15.5. The number of anilines is 1. The Balaban J connectivity index is 2.69. The summed E-state index contributed by atoms with van der Waals surface area (Å²) in [6.45, 7) is 2.66. The van der Waals surface area contributed by atoms with E-state index in [0.29, 0.717) is 13.0 Å². The SMILES string of the molecule is CCc1ccccc1NC(=O)N(CCO)CCCO. The predicted octanol–water partition coefficient (Wildman–Crippen LogP) is 1.46. The molecule has 0 spiro atoms. The van der Waals surface area contributed by atoms with E-state index in [0.717, 1.165) is 17.7 Å². The highest BCUT2D eigenvalue weighted by Gasteiger charge is 2.13. The third kappa shape index (κ3) is 4.89. The number of hydrogen-bond donors (Lipinski definition) is 3. The van der Waals surface area contributed by atoms with Gasteiger partial charge in [-0.1, -0.05) is 25.1 Å². The van der Waals surface area contributed by atoms with Gasteiger partial charge >= 0.3 is 6.03 Å². The van der Waals surface area contributed by atoms with Gasteiger partial charge in [0.1, 0.15) is 0 Å². The van der Waals surface area contributed by atoms with E-state index in [1.165, 1.54) is 4.90 Å². The number of para-hydroxylation sites is 1. The van der Waals surface area contributed by atoms with Crippen LogP contribution in [-0.2, 0) is 6.42 Å². The van der Waals surface area contributed by atoms with Crippen molar-refractivity contribution in [1.82, 2.24) is 4.90 Å². The van der Waals surface area contributed by atoms with Crippen molar-refractivity contribution >= 4 is 11.7 Å². The molecule has 0 fully saturated rings. The van der Waals surface area contributed by atoms with Crippen LogP contribution in [0.4, 0.5) is 10.5 Å². The first-order valence-electron chi connectivity index (χ1n) is 6.58. The lowest BCUT2D eigenvalue weighted by atomic mass is 10.1. The number of aliphatic hydroxyl groups excluding tert-OH is 2. The number of aliphatic hydroxyl groups is 2. The summed E-state index contributed by atoms with van der Waals surface area (Å²) >= 11 is 0. The Hall–Kier alpha value is -1.59. The lowest BCUT2D eigenvalue weighted by Gasteiger charge is -2.22. The van der Waals surface area contributed by atoms with Crippen molar-refractivity contribution in [2.24, 2.45) is 0 Å². The molecule has 0 aliphatic heterocycles. The average molecular weight is 266 g/mol. The summed E-state index contributed by atoms with van der Waals surface area (Å²) in [5.74, 6) is 0. The van der Waals surface area contributed by atoms with E-state index >= 15 is 0 Å². The van der Waals surface area contributed by atoms with Gasteiger partial charge in [-0.15, -0.1) is 0 Å². The second-order valence-electron chi connectivity index (χ2n) is 4.23. The van der Waals surface area contributed by atoms with Gasteiger partial charge in [-0.25, -0.2) is 4.79 Å². The van der Waals surface area contributed by atoms with Crippen molar-refractivity contribution < 1.29 is 15.0 Å². The zero-order chi connectivity index (χ0) is 14.1. The summed E-state index contributed by atoms with van der Waals surface area (Å²) in [7, 11) is 0. The maximum absolute atomic E-state index is 12.1. The van der Waals surface area contributed by atoms with Crippen molar-refractivity contribution in [3.63, 3.8) is 0 Å².